The van der Waals surface area contributed by atoms with E-state index >= 15 is 0 Å². The number of benzene rings is 1. The number of thiophene rings is 1. The highest BCUT2D eigenvalue weighted by molar-refractivity contribution is 7.21. The van der Waals surface area contributed by atoms with Crippen molar-refractivity contribution < 1.29 is 27.5 Å². The number of nitrogens with one attached hydrogen (secondary N) is 1. The molecule has 0 fully saturated rings. The van der Waals surface area contributed by atoms with Gasteiger partial charge in [0, 0.05) is 11.6 Å². The number of nitrogens with zero attached hydrogens (tertiary/aromatic N) is 3. The molecular formula is C21H16F3N5O3S. The highest BCUT2D eigenvalue weighted by atomic mass is 32.1. The lowest BCUT2D eigenvalue weighted by Crippen LogP contribution is -2.18. The number of ether oxygens (including phenoxy) is 1. The number of fused-ring (bicyclic) bond motifs is 1. The number of aromatic nitrogens is 3. The zero-order valence-electron chi connectivity index (χ0n) is 17.0. The van der Waals surface area contributed by atoms with Gasteiger partial charge in [-0.05, 0) is 36.8 Å². The quantitative estimate of drug-likeness (QED) is 0.434. The molecule has 0 saturated heterocycles. The summed E-state index contributed by atoms with van der Waals surface area (Å²) < 4.78 is 46.3. The van der Waals surface area contributed by atoms with Crippen molar-refractivity contribution in [3.8, 4) is 5.75 Å². The van der Waals surface area contributed by atoms with Crippen LogP contribution in [-0.2, 0) is 12.9 Å². The second kappa shape index (κ2) is 8.54. The van der Waals surface area contributed by atoms with E-state index < -0.39 is 23.7 Å². The van der Waals surface area contributed by atoms with Gasteiger partial charge in [-0.15, -0.1) is 11.3 Å². The summed E-state index contributed by atoms with van der Waals surface area (Å²) in [5.74, 6) is -0.950. The number of alkyl halides is 3. The number of halogens is 3. The van der Waals surface area contributed by atoms with Gasteiger partial charge in [0.1, 0.15) is 21.2 Å². The molecular weight excluding hydrogens is 459 g/mol. The first kappa shape index (κ1) is 22.3. The summed E-state index contributed by atoms with van der Waals surface area (Å²) in [7, 11) is 0. The Morgan fingerprint density at radius 1 is 1.21 bits per heavy atom. The SMILES string of the molecule is Cc1cc(C(F)(F)F)nc2sc(C(N)=O)c(NC(=O)c3ccn(COc4ccccc4)n3)c12. The number of hydrogen-bond donors (Lipinski definition) is 2. The van der Waals surface area contributed by atoms with Crippen LogP contribution in [0.5, 0.6) is 5.75 Å². The molecule has 0 aliphatic rings. The van der Waals surface area contributed by atoms with E-state index in [2.05, 4.69) is 15.4 Å². The topological polar surface area (TPSA) is 112 Å². The highest BCUT2D eigenvalue weighted by Crippen LogP contribution is 2.39. The fourth-order valence-corrected chi connectivity index (χ4v) is 4.17. The Morgan fingerprint density at radius 3 is 2.61 bits per heavy atom. The van der Waals surface area contributed by atoms with E-state index in [1.54, 1.807) is 12.1 Å². The van der Waals surface area contributed by atoms with E-state index in [1.807, 2.05) is 18.2 Å². The van der Waals surface area contributed by atoms with Gasteiger partial charge in [-0.25, -0.2) is 9.67 Å². The Hall–Kier alpha value is -3.93. The first-order valence-corrected chi connectivity index (χ1v) is 10.3. The third-order valence-electron chi connectivity index (χ3n) is 4.59. The number of amides is 2. The Bertz CT molecular complexity index is 1350. The molecule has 0 unspecified atom stereocenters. The number of carbonyl (C=O) groups is 2. The summed E-state index contributed by atoms with van der Waals surface area (Å²) in [6, 6.07) is 11.3. The maximum absolute atomic E-state index is 13.1. The minimum atomic E-state index is -4.66. The van der Waals surface area contributed by atoms with Gasteiger partial charge in [0.05, 0.1) is 5.69 Å². The standard InChI is InChI=1S/C21H16F3N5O3S/c1-11-9-14(21(22,23)24)26-20-15(11)16(17(33-20)18(25)30)27-19(31)13-7-8-29(28-13)10-32-12-5-3-2-4-6-12/h2-9H,10H2,1H3,(H2,25,30)(H,27,31). The van der Waals surface area contributed by atoms with Crippen LogP contribution in [0, 0.1) is 6.92 Å². The number of anilines is 1. The van der Waals surface area contributed by atoms with Crippen LogP contribution < -0.4 is 15.8 Å². The van der Waals surface area contributed by atoms with Gasteiger partial charge >= 0.3 is 6.18 Å². The van der Waals surface area contributed by atoms with Crippen LogP contribution in [0.4, 0.5) is 18.9 Å². The largest absolute Gasteiger partial charge is 0.471 e. The third-order valence-corrected chi connectivity index (χ3v) is 5.69. The Labute approximate surface area is 188 Å². The van der Waals surface area contributed by atoms with E-state index in [4.69, 9.17) is 10.5 Å². The molecule has 2 amide bonds. The van der Waals surface area contributed by atoms with Crippen LogP contribution >= 0.6 is 11.3 Å². The van der Waals surface area contributed by atoms with Crippen LogP contribution in [0.25, 0.3) is 10.2 Å². The highest BCUT2D eigenvalue weighted by Gasteiger charge is 2.34. The summed E-state index contributed by atoms with van der Waals surface area (Å²) >= 11 is 0.679. The number of carbonyl (C=O) groups excluding carboxylic acids is 2. The Kier molecular flexibility index (Phi) is 5.77. The second-order valence-electron chi connectivity index (χ2n) is 6.95. The number of primary amides is 1. The lowest BCUT2D eigenvalue weighted by Gasteiger charge is -2.09. The van der Waals surface area contributed by atoms with Crippen molar-refractivity contribution in [2.75, 3.05) is 5.32 Å². The predicted octanol–water partition coefficient (Wildman–Crippen LogP) is 4.21. The first-order chi connectivity index (χ1) is 15.6. The zero-order valence-corrected chi connectivity index (χ0v) is 17.8. The molecule has 0 atom stereocenters. The lowest BCUT2D eigenvalue weighted by molar-refractivity contribution is -0.141. The van der Waals surface area contributed by atoms with Crippen LogP contribution in [0.3, 0.4) is 0 Å². The third kappa shape index (κ3) is 4.65. The normalized spacial score (nSPS) is 11.5. The number of aryl methyl sites for hydroxylation is 1. The van der Waals surface area contributed by atoms with Crippen LogP contribution in [-0.4, -0.2) is 26.6 Å². The fraction of sp³-hybridized carbons (Fsp3) is 0.143. The number of pyridine rings is 1. The molecule has 0 radical (unpaired) electrons. The summed E-state index contributed by atoms with van der Waals surface area (Å²) in [4.78, 5) is 28.1. The van der Waals surface area contributed by atoms with Crippen molar-refractivity contribution in [3.05, 3.63) is 70.5 Å². The van der Waals surface area contributed by atoms with Crippen molar-refractivity contribution in [2.45, 2.75) is 19.8 Å². The second-order valence-corrected chi connectivity index (χ2v) is 7.95. The van der Waals surface area contributed by atoms with E-state index in [9.17, 15) is 22.8 Å². The molecule has 1 aromatic carbocycles. The van der Waals surface area contributed by atoms with E-state index in [0.717, 1.165) is 6.07 Å². The molecule has 8 nitrogen and oxygen atoms in total. The number of hydrogen-bond acceptors (Lipinski definition) is 6. The maximum atomic E-state index is 13.1. The summed E-state index contributed by atoms with van der Waals surface area (Å²) in [5.41, 5.74) is 4.50. The van der Waals surface area contributed by atoms with Gasteiger partial charge in [-0.3, -0.25) is 9.59 Å². The van der Waals surface area contributed by atoms with Crippen molar-refractivity contribution >= 4 is 39.1 Å². The first-order valence-electron chi connectivity index (χ1n) is 9.47. The van der Waals surface area contributed by atoms with Gasteiger partial charge in [0.2, 0.25) is 0 Å². The van der Waals surface area contributed by atoms with Gasteiger partial charge in [0.15, 0.2) is 12.4 Å². The summed E-state index contributed by atoms with van der Waals surface area (Å²) in [5, 5.41) is 6.89. The Balaban J connectivity index is 1.60. The molecule has 12 heteroatoms. The van der Waals surface area contributed by atoms with Crippen molar-refractivity contribution in [1.29, 1.82) is 0 Å². The molecule has 0 aliphatic heterocycles. The van der Waals surface area contributed by atoms with Gasteiger partial charge < -0.3 is 15.8 Å². The number of para-hydroxylation sites is 1. The molecule has 4 rings (SSSR count). The number of rotatable bonds is 6. The van der Waals surface area contributed by atoms with E-state index in [-0.39, 0.29) is 38.8 Å². The minimum Gasteiger partial charge on any atom is -0.471 e. The van der Waals surface area contributed by atoms with Crippen molar-refractivity contribution in [1.82, 2.24) is 14.8 Å². The number of nitrogens with two attached hydrogens (primary N) is 1. The van der Waals surface area contributed by atoms with Gasteiger partial charge in [-0.1, -0.05) is 18.2 Å². The average Bonchev–Trinajstić information content (AvgIpc) is 3.38. The van der Waals surface area contributed by atoms with Crippen LogP contribution in [0.2, 0.25) is 0 Å². The molecule has 3 aromatic heterocycles. The van der Waals surface area contributed by atoms with Crippen LogP contribution in [0.1, 0.15) is 31.4 Å². The monoisotopic (exact) mass is 475 g/mol. The van der Waals surface area contributed by atoms with Gasteiger partial charge in [0.25, 0.3) is 11.8 Å². The molecule has 0 bridgehead atoms. The van der Waals surface area contributed by atoms with E-state index in [0.29, 0.717) is 17.1 Å². The van der Waals surface area contributed by atoms with Crippen molar-refractivity contribution in [2.24, 2.45) is 5.73 Å². The molecule has 4 aromatic rings. The lowest BCUT2D eigenvalue weighted by atomic mass is 10.1. The molecule has 33 heavy (non-hydrogen) atoms. The molecule has 0 aliphatic carbocycles. The molecule has 0 saturated carbocycles. The Morgan fingerprint density at radius 2 is 1.94 bits per heavy atom. The molecule has 3 heterocycles. The average molecular weight is 475 g/mol. The predicted molar refractivity (Wildman–Crippen MR) is 115 cm³/mol. The molecule has 3 N–H and O–H groups in total. The molecule has 170 valence electrons. The molecule has 0 spiro atoms. The maximum Gasteiger partial charge on any atom is 0.433 e. The van der Waals surface area contributed by atoms with Crippen molar-refractivity contribution in [3.63, 3.8) is 0 Å². The minimum absolute atomic E-state index is 0.00121. The van der Waals surface area contributed by atoms with E-state index in [1.165, 1.54) is 23.9 Å². The summed E-state index contributed by atoms with van der Waals surface area (Å²) in [6.07, 6.45) is -3.13. The van der Waals surface area contributed by atoms with Gasteiger partial charge in [-0.2, -0.15) is 18.3 Å². The smallest absolute Gasteiger partial charge is 0.433 e. The zero-order chi connectivity index (χ0) is 23.8. The summed E-state index contributed by atoms with van der Waals surface area (Å²) in [6.45, 7) is 1.48. The van der Waals surface area contributed by atoms with Crippen LogP contribution in [0.15, 0.2) is 48.7 Å². The fourth-order valence-electron chi connectivity index (χ4n) is 3.11.